The Balaban J connectivity index is 2.11. The number of benzene rings is 1. The van der Waals surface area contributed by atoms with Gasteiger partial charge in [0.1, 0.15) is 5.82 Å². The highest BCUT2D eigenvalue weighted by atomic mass is 35.5. The van der Waals surface area contributed by atoms with Crippen molar-refractivity contribution < 1.29 is 9.13 Å². The molecule has 1 aliphatic heterocycles. The van der Waals surface area contributed by atoms with E-state index in [1.807, 2.05) is 0 Å². The van der Waals surface area contributed by atoms with Crippen molar-refractivity contribution in [2.24, 2.45) is 5.92 Å². The lowest BCUT2D eigenvalue weighted by molar-refractivity contribution is 0.0297. The molecule has 106 valence electrons. The summed E-state index contributed by atoms with van der Waals surface area (Å²) in [4.78, 5) is 0. The van der Waals surface area contributed by atoms with Crippen LogP contribution in [0.2, 0.25) is 5.02 Å². The van der Waals surface area contributed by atoms with E-state index in [1.165, 1.54) is 6.07 Å². The molecular weight excluding hydrogens is 265 g/mol. The van der Waals surface area contributed by atoms with Gasteiger partial charge in [-0.05, 0) is 25.0 Å². The van der Waals surface area contributed by atoms with Crippen LogP contribution in [0.5, 0.6) is 0 Å². The number of nitrogens with one attached hydrogen (secondary N) is 1. The van der Waals surface area contributed by atoms with Gasteiger partial charge in [-0.25, -0.2) is 4.39 Å². The Morgan fingerprint density at radius 1 is 1.47 bits per heavy atom. The molecule has 1 fully saturated rings. The van der Waals surface area contributed by atoms with Crippen LogP contribution in [0.25, 0.3) is 0 Å². The Hall–Kier alpha value is -0.640. The first-order valence-corrected chi connectivity index (χ1v) is 7.22. The molecule has 0 saturated carbocycles. The maximum absolute atomic E-state index is 13.8. The third-order valence-corrected chi connectivity index (χ3v) is 3.90. The van der Waals surface area contributed by atoms with Gasteiger partial charge in [0.2, 0.25) is 0 Å². The van der Waals surface area contributed by atoms with E-state index >= 15 is 0 Å². The Bertz CT molecular complexity index is 404. The zero-order valence-corrected chi connectivity index (χ0v) is 12.2. The molecule has 19 heavy (non-hydrogen) atoms. The van der Waals surface area contributed by atoms with Gasteiger partial charge in [0, 0.05) is 35.2 Å². The smallest absolute Gasteiger partial charge is 0.127 e. The summed E-state index contributed by atoms with van der Waals surface area (Å²) in [5.41, 5.74) is 0.607. The third kappa shape index (κ3) is 3.91. The monoisotopic (exact) mass is 285 g/mol. The van der Waals surface area contributed by atoms with Crippen LogP contribution in [0.15, 0.2) is 18.2 Å². The van der Waals surface area contributed by atoms with E-state index in [0.29, 0.717) is 35.7 Å². The molecular formula is C15H21ClFNO. The standard InChI is InChI=1S/C15H21ClFNO/c1-10(2)18-15-6-7-19-9-11(15)8-12-13(16)4-3-5-14(12)17/h3-5,10-11,15,18H,6-9H2,1-2H3/t11-,15-/m0/s1. The van der Waals surface area contributed by atoms with E-state index < -0.39 is 0 Å². The minimum atomic E-state index is -0.221. The highest BCUT2D eigenvalue weighted by Gasteiger charge is 2.27. The van der Waals surface area contributed by atoms with Gasteiger partial charge >= 0.3 is 0 Å². The van der Waals surface area contributed by atoms with Crippen molar-refractivity contribution in [2.75, 3.05) is 13.2 Å². The van der Waals surface area contributed by atoms with Crippen molar-refractivity contribution in [1.29, 1.82) is 0 Å². The molecule has 2 rings (SSSR count). The highest BCUT2D eigenvalue weighted by molar-refractivity contribution is 6.31. The predicted molar refractivity (Wildman–Crippen MR) is 76.1 cm³/mol. The molecule has 0 spiro atoms. The average molecular weight is 286 g/mol. The molecule has 0 aliphatic carbocycles. The van der Waals surface area contributed by atoms with Crippen molar-refractivity contribution in [3.63, 3.8) is 0 Å². The lowest BCUT2D eigenvalue weighted by Gasteiger charge is -2.34. The van der Waals surface area contributed by atoms with Gasteiger partial charge in [0.05, 0.1) is 6.61 Å². The molecule has 1 heterocycles. The first-order valence-electron chi connectivity index (χ1n) is 6.84. The van der Waals surface area contributed by atoms with Crippen molar-refractivity contribution >= 4 is 11.6 Å². The second-order valence-electron chi connectivity index (χ2n) is 5.46. The largest absolute Gasteiger partial charge is 0.381 e. The van der Waals surface area contributed by atoms with Crippen LogP contribution in [-0.2, 0) is 11.2 Å². The van der Waals surface area contributed by atoms with Crippen molar-refractivity contribution in [3.8, 4) is 0 Å². The molecule has 1 aromatic rings. The fourth-order valence-corrected chi connectivity index (χ4v) is 2.88. The summed E-state index contributed by atoms with van der Waals surface area (Å²) < 4.78 is 19.4. The Labute approximate surface area is 119 Å². The van der Waals surface area contributed by atoms with E-state index in [9.17, 15) is 4.39 Å². The molecule has 2 atom stereocenters. The molecule has 0 aromatic heterocycles. The lowest BCUT2D eigenvalue weighted by atomic mass is 9.89. The summed E-state index contributed by atoms with van der Waals surface area (Å²) in [6.07, 6.45) is 1.59. The Morgan fingerprint density at radius 3 is 2.95 bits per heavy atom. The van der Waals surface area contributed by atoms with Crippen LogP contribution >= 0.6 is 11.6 Å². The molecule has 2 nitrogen and oxygen atoms in total. The summed E-state index contributed by atoms with van der Waals surface area (Å²) in [6, 6.07) is 5.64. The van der Waals surface area contributed by atoms with Gasteiger partial charge in [-0.1, -0.05) is 31.5 Å². The Morgan fingerprint density at radius 2 is 2.26 bits per heavy atom. The first kappa shape index (κ1) is 14.8. The van der Waals surface area contributed by atoms with E-state index in [1.54, 1.807) is 12.1 Å². The zero-order valence-electron chi connectivity index (χ0n) is 11.5. The number of ether oxygens (including phenoxy) is 1. The SMILES string of the molecule is CC(C)N[C@H]1CCOC[C@@H]1Cc1c(F)cccc1Cl. The van der Waals surface area contributed by atoms with Gasteiger partial charge in [-0.15, -0.1) is 0 Å². The van der Waals surface area contributed by atoms with Gasteiger partial charge in [0.15, 0.2) is 0 Å². The van der Waals surface area contributed by atoms with E-state index in [4.69, 9.17) is 16.3 Å². The maximum atomic E-state index is 13.8. The molecule has 4 heteroatoms. The predicted octanol–water partition coefficient (Wildman–Crippen LogP) is 3.42. The van der Waals surface area contributed by atoms with Gasteiger partial charge in [0.25, 0.3) is 0 Å². The summed E-state index contributed by atoms with van der Waals surface area (Å²) in [6.45, 7) is 5.69. The third-order valence-electron chi connectivity index (χ3n) is 3.55. The van der Waals surface area contributed by atoms with E-state index in [-0.39, 0.29) is 11.7 Å². The Kier molecular flexibility index (Phi) is 5.20. The quantitative estimate of drug-likeness (QED) is 0.915. The maximum Gasteiger partial charge on any atom is 0.127 e. The van der Waals surface area contributed by atoms with Crippen LogP contribution in [0.3, 0.4) is 0 Å². The minimum Gasteiger partial charge on any atom is -0.381 e. The molecule has 0 radical (unpaired) electrons. The fraction of sp³-hybridized carbons (Fsp3) is 0.600. The second-order valence-corrected chi connectivity index (χ2v) is 5.86. The topological polar surface area (TPSA) is 21.3 Å². The van der Waals surface area contributed by atoms with E-state index in [2.05, 4.69) is 19.2 Å². The van der Waals surface area contributed by atoms with Gasteiger partial charge in [-0.3, -0.25) is 0 Å². The second kappa shape index (κ2) is 6.69. The number of halogens is 2. The number of hydrogen-bond acceptors (Lipinski definition) is 2. The molecule has 1 N–H and O–H groups in total. The summed E-state index contributed by atoms with van der Waals surface area (Å²) >= 11 is 6.10. The summed E-state index contributed by atoms with van der Waals surface area (Å²) in [7, 11) is 0. The number of rotatable bonds is 4. The van der Waals surface area contributed by atoms with Crippen molar-refractivity contribution in [1.82, 2.24) is 5.32 Å². The highest BCUT2D eigenvalue weighted by Crippen LogP contribution is 2.26. The molecule has 0 unspecified atom stereocenters. The lowest BCUT2D eigenvalue weighted by Crippen LogP contribution is -2.46. The summed E-state index contributed by atoms with van der Waals surface area (Å²) in [5, 5.41) is 4.05. The van der Waals surface area contributed by atoms with Crippen molar-refractivity contribution in [3.05, 3.63) is 34.6 Å². The van der Waals surface area contributed by atoms with Gasteiger partial charge < -0.3 is 10.1 Å². The fourth-order valence-electron chi connectivity index (χ4n) is 2.64. The molecule has 0 bridgehead atoms. The molecule has 0 amide bonds. The van der Waals surface area contributed by atoms with Crippen LogP contribution in [0.1, 0.15) is 25.8 Å². The minimum absolute atomic E-state index is 0.221. The zero-order chi connectivity index (χ0) is 13.8. The first-order chi connectivity index (χ1) is 9.08. The number of hydrogen-bond donors (Lipinski definition) is 1. The van der Waals surface area contributed by atoms with Crippen molar-refractivity contribution in [2.45, 2.75) is 38.8 Å². The molecule has 1 saturated heterocycles. The van der Waals surface area contributed by atoms with Gasteiger partial charge in [-0.2, -0.15) is 0 Å². The summed E-state index contributed by atoms with van der Waals surface area (Å²) in [5.74, 6) is 0.0481. The molecule has 1 aromatic carbocycles. The molecule has 1 aliphatic rings. The normalized spacial score (nSPS) is 23.8. The van der Waals surface area contributed by atoms with Crippen LogP contribution in [0.4, 0.5) is 4.39 Å². The average Bonchev–Trinajstić information content (AvgIpc) is 2.35. The van der Waals surface area contributed by atoms with Crippen LogP contribution in [0, 0.1) is 11.7 Å². The van der Waals surface area contributed by atoms with Crippen LogP contribution < -0.4 is 5.32 Å². The van der Waals surface area contributed by atoms with Crippen LogP contribution in [-0.4, -0.2) is 25.3 Å². The van der Waals surface area contributed by atoms with E-state index in [0.717, 1.165) is 13.0 Å².